The van der Waals surface area contributed by atoms with Gasteiger partial charge in [-0.2, -0.15) is 0 Å². The molecule has 4 heteroatoms. The highest BCUT2D eigenvalue weighted by Gasteiger charge is 2.38. The van der Waals surface area contributed by atoms with Gasteiger partial charge in [0.25, 0.3) is 0 Å². The van der Waals surface area contributed by atoms with Crippen LogP contribution >= 0.6 is 12.4 Å². The van der Waals surface area contributed by atoms with Gasteiger partial charge < -0.3 is 10.2 Å². The van der Waals surface area contributed by atoms with Gasteiger partial charge in [-0.05, 0) is 44.7 Å². The topological polar surface area (TPSA) is 32.3 Å². The molecule has 0 atom stereocenters. The van der Waals surface area contributed by atoms with E-state index in [-0.39, 0.29) is 12.4 Å². The van der Waals surface area contributed by atoms with E-state index in [1.165, 1.54) is 19.3 Å². The highest BCUT2D eigenvalue weighted by molar-refractivity contribution is 5.85. The molecule has 0 saturated carbocycles. The quantitative estimate of drug-likeness (QED) is 0.742. The largest absolute Gasteiger partial charge is 0.343 e. The lowest BCUT2D eigenvalue weighted by molar-refractivity contribution is -0.138. The summed E-state index contributed by atoms with van der Waals surface area (Å²) in [5, 5.41) is 3.37. The number of carbonyl (C=O) groups excluding carboxylic acids is 1. The first-order chi connectivity index (χ1) is 6.76. The zero-order chi connectivity index (χ0) is 10.0. The van der Waals surface area contributed by atoms with Crippen molar-refractivity contribution in [1.29, 1.82) is 0 Å². The van der Waals surface area contributed by atoms with Crippen molar-refractivity contribution in [1.82, 2.24) is 10.2 Å². The van der Waals surface area contributed by atoms with E-state index in [1.807, 2.05) is 4.90 Å². The molecular weight excluding hydrogens is 212 g/mol. The maximum Gasteiger partial charge on any atom is 0.223 e. The van der Waals surface area contributed by atoms with Crippen LogP contribution in [0.1, 0.15) is 32.6 Å². The van der Waals surface area contributed by atoms with Crippen molar-refractivity contribution in [2.75, 3.05) is 26.2 Å². The molecule has 2 fully saturated rings. The van der Waals surface area contributed by atoms with Crippen molar-refractivity contribution < 1.29 is 4.79 Å². The smallest absolute Gasteiger partial charge is 0.223 e. The summed E-state index contributed by atoms with van der Waals surface area (Å²) in [6, 6.07) is 0. The summed E-state index contributed by atoms with van der Waals surface area (Å²) >= 11 is 0. The second-order valence-electron chi connectivity index (χ2n) is 4.65. The van der Waals surface area contributed by atoms with Gasteiger partial charge in [0.15, 0.2) is 0 Å². The Kier molecular flexibility index (Phi) is 4.41. The molecule has 0 aliphatic carbocycles. The number of carbonyl (C=O) groups is 1. The number of piperidine rings is 2. The van der Waals surface area contributed by atoms with E-state index in [0.717, 1.165) is 32.6 Å². The van der Waals surface area contributed by atoms with Crippen LogP contribution in [0.4, 0.5) is 0 Å². The molecule has 1 N–H and O–H groups in total. The van der Waals surface area contributed by atoms with Crippen LogP contribution < -0.4 is 5.32 Å². The van der Waals surface area contributed by atoms with Gasteiger partial charge in [0.05, 0.1) is 0 Å². The van der Waals surface area contributed by atoms with E-state index in [9.17, 15) is 4.79 Å². The van der Waals surface area contributed by atoms with E-state index in [0.29, 0.717) is 11.3 Å². The third kappa shape index (κ3) is 2.64. The molecular formula is C11H21ClN2O. The SMILES string of the molecule is CCN1CCC2(CCNCC2)CC1=O.Cl. The number of hydrogen-bond acceptors (Lipinski definition) is 2. The molecule has 0 unspecified atom stereocenters. The normalized spacial score (nSPS) is 25.1. The zero-order valence-corrected chi connectivity index (χ0v) is 10.2. The molecule has 1 amide bonds. The minimum Gasteiger partial charge on any atom is -0.343 e. The second-order valence-corrected chi connectivity index (χ2v) is 4.65. The van der Waals surface area contributed by atoms with Crippen molar-refractivity contribution >= 4 is 18.3 Å². The van der Waals surface area contributed by atoms with Crippen molar-refractivity contribution in [3.05, 3.63) is 0 Å². The van der Waals surface area contributed by atoms with Gasteiger partial charge in [-0.1, -0.05) is 0 Å². The van der Waals surface area contributed by atoms with Crippen LogP contribution in [-0.4, -0.2) is 37.0 Å². The third-order valence-corrected chi connectivity index (χ3v) is 3.84. The Balaban J connectivity index is 0.00000112. The lowest BCUT2D eigenvalue weighted by atomic mass is 9.71. The van der Waals surface area contributed by atoms with E-state index < -0.39 is 0 Å². The van der Waals surface area contributed by atoms with Gasteiger partial charge in [0.1, 0.15) is 0 Å². The zero-order valence-electron chi connectivity index (χ0n) is 9.42. The highest BCUT2D eigenvalue weighted by Crippen LogP contribution is 2.39. The molecule has 15 heavy (non-hydrogen) atoms. The van der Waals surface area contributed by atoms with Crippen LogP contribution in [0.3, 0.4) is 0 Å². The summed E-state index contributed by atoms with van der Waals surface area (Å²) < 4.78 is 0. The van der Waals surface area contributed by atoms with E-state index in [4.69, 9.17) is 0 Å². The van der Waals surface area contributed by atoms with Crippen molar-refractivity contribution in [3.63, 3.8) is 0 Å². The summed E-state index contributed by atoms with van der Waals surface area (Å²) in [6.07, 6.45) is 4.39. The number of hydrogen-bond donors (Lipinski definition) is 1. The van der Waals surface area contributed by atoms with Crippen molar-refractivity contribution in [2.24, 2.45) is 5.41 Å². The van der Waals surface area contributed by atoms with Crippen molar-refractivity contribution in [3.8, 4) is 0 Å². The summed E-state index contributed by atoms with van der Waals surface area (Å²) in [7, 11) is 0. The molecule has 1 spiro atoms. The lowest BCUT2D eigenvalue weighted by Crippen LogP contribution is -2.48. The van der Waals surface area contributed by atoms with Crippen LogP contribution in [0.2, 0.25) is 0 Å². The fourth-order valence-corrected chi connectivity index (χ4v) is 2.74. The van der Waals surface area contributed by atoms with Crippen LogP contribution in [-0.2, 0) is 4.79 Å². The molecule has 2 aliphatic heterocycles. The average Bonchev–Trinajstić information content (AvgIpc) is 2.19. The Morgan fingerprint density at radius 1 is 1.33 bits per heavy atom. The first-order valence-electron chi connectivity index (χ1n) is 5.74. The minimum atomic E-state index is 0. The van der Waals surface area contributed by atoms with Crippen molar-refractivity contribution in [2.45, 2.75) is 32.6 Å². The Hall–Kier alpha value is -0.280. The van der Waals surface area contributed by atoms with Gasteiger partial charge in [0, 0.05) is 19.5 Å². The Bertz CT molecular complexity index is 227. The molecule has 3 nitrogen and oxygen atoms in total. The van der Waals surface area contributed by atoms with E-state index in [2.05, 4.69) is 12.2 Å². The third-order valence-electron chi connectivity index (χ3n) is 3.84. The Morgan fingerprint density at radius 3 is 2.53 bits per heavy atom. The summed E-state index contributed by atoms with van der Waals surface area (Å²) in [5.41, 5.74) is 0.355. The maximum atomic E-state index is 11.8. The number of rotatable bonds is 1. The van der Waals surface area contributed by atoms with Crippen LogP contribution in [0, 0.1) is 5.41 Å². The van der Waals surface area contributed by atoms with Gasteiger partial charge in [0.2, 0.25) is 5.91 Å². The molecule has 0 bridgehead atoms. The minimum absolute atomic E-state index is 0. The number of likely N-dealkylation sites (tertiary alicyclic amines) is 1. The van der Waals surface area contributed by atoms with E-state index >= 15 is 0 Å². The van der Waals surface area contributed by atoms with Crippen LogP contribution in [0.15, 0.2) is 0 Å². The number of nitrogens with zero attached hydrogens (tertiary/aromatic N) is 1. The molecule has 2 aliphatic rings. The predicted octanol–water partition coefficient (Wildman–Crippen LogP) is 1.42. The average molecular weight is 233 g/mol. The maximum absolute atomic E-state index is 11.8. The lowest BCUT2D eigenvalue weighted by Gasteiger charge is -2.43. The first kappa shape index (κ1) is 12.8. The van der Waals surface area contributed by atoms with Gasteiger partial charge in [-0.15, -0.1) is 12.4 Å². The van der Waals surface area contributed by atoms with Gasteiger partial charge in [-0.25, -0.2) is 0 Å². The highest BCUT2D eigenvalue weighted by atomic mass is 35.5. The fraction of sp³-hybridized carbons (Fsp3) is 0.909. The molecule has 0 aromatic heterocycles. The van der Waals surface area contributed by atoms with Crippen LogP contribution in [0.25, 0.3) is 0 Å². The predicted molar refractivity (Wildman–Crippen MR) is 63.3 cm³/mol. The van der Waals surface area contributed by atoms with Crippen LogP contribution in [0.5, 0.6) is 0 Å². The molecule has 2 saturated heterocycles. The van der Waals surface area contributed by atoms with Gasteiger partial charge in [-0.3, -0.25) is 4.79 Å². The summed E-state index contributed by atoms with van der Waals surface area (Å²) in [5.74, 6) is 0.376. The standard InChI is InChI=1S/C11H20N2O.ClH/c1-2-13-8-5-11(9-10(13)14)3-6-12-7-4-11;/h12H,2-9H2,1H3;1H. The fourth-order valence-electron chi connectivity index (χ4n) is 2.74. The Morgan fingerprint density at radius 2 is 2.00 bits per heavy atom. The van der Waals surface area contributed by atoms with Gasteiger partial charge >= 0.3 is 0 Å². The molecule has 0 aromatic carbocycles. The number of nitrogens with one attached hydrogen (secondary N) is 1. The molecule has 0 radical (unpaired) electrons. The summed E-state index contributed by atoms with van der Waals surface area (Å²) in [4.78, 5) is 13.8. The summed E-state index contributed by atoms with van der Waals surface area (Å²) in [6.45, 7) is 6.12. The Labute approximate surface area is 98.0 Å². The molecule has 88 valence electrons. The first-order valence-corrected chi connectivity index (χ1v) is 5.74. The molecule has 2 heterocycles. The second kappa shape index (κ2) is 5.17. The monoisotopic (exact) mass is 232 g/mol. The van der Waals surface area contributed by atoms with E-state index in [1.54, 1.807) is 0 Å². The number of amides is 1. The number of halogens is 1. The molecule has 0 aromatic rings. The molecule has 2 rings (SSSR count).